The van der Waals surface area contributed by atoms with Crippen molar-refractivity contribution in [2.75, 3.05) is 5.32 Å². The van der Waals surface area contributed by atoms with Crippen LogP contribution in [0.25, 0.3) is 28.3 Å². The maximum absolute atomic E-state index is 13.2. The Bertz CT molecular complexity index is 1190. The van der Waals surface area contributed by atoms with Gasteiger partial charge in [0.25, 0.3) is 0 Å². The van der Waals surface area contributed by atoms with Gasteiger partial charge < -0.3 is 5.32 Å². The van der Waals surface area contributed by atoms with E-state index in [9.17, 15) is 9.18 Å². The Morgan fingerprint density at radius 3 is 2.43 bits per heavy atom. The van der Waals surface area contributed by atoms with Crippen LogP contribution in [0.5, 0.6) is 0 Å². The summed E-state index contributed by atoms with van der Waals surface area (Å²) < 4.78 is 13.2. The molecule has 0 aliphatic heterocycles. The van der Waals surface area contributed by atoms with Gasteiger partial charge in [0.15, 0.2) is 5.82 Å². The van der Waals surface area contributed by atoms with Crippen LogP contribution in [0.15, 0.2) is 84.9 Å². The molecule has 4 rings (SSSR count). The van der Waals surface area contributed by atoms with Crippen molar-refractivity contribution in [3.05, 3.63) is 102 Å². The Kier molecular flexibility index (Phi) is 5.52. The number of halogens is 1. The summed E-state index contributed by atoms with van der Waals surface area (Å²) >= 11 is 0. The van der Waals surface area contributed by atoms with E-state index in [1.54, 1.807) is 18.2 Å². The predicted octanol–water partition coefficient (Wildman–Crippen LogP) is 5.84. The number of aromatic amines is 1. The standard InChI is InChI=1S/C25H20FN3O/c1-17-24(20-11-13-22(26)14-12-20)25(29-28-17)27-23(30)15-10-18-6-5-9-21(16-18)19-7-3-2-4-8-19/h2-16H,1H3,(H2,27,28,29,30)/b15-10+. The molecule has 4 nitrogen and oxygen atoms in total. The quantitative estimate of drug-likeness (QED) is 0.416. The summed E-state index contributed by atoms with van der Waals surface area (Å²) in [6.07, 6.45) is 3.24. The van der Waals surface area contributed by atoms with Crippen molar-refractivity contribution < 1.29 is 9.18 Å². The first-order valence-corrected chi connectivity index (χ1v) is 9.55. The molecule has 0 saturated carbocycles. The Morgan fingerprint density at radius 2 is 1.67 bits per heavy atom. The minimum atomic E-state index is -0.314. The minimum Gasteiger partial charge on any atom is -0.305 e. The molecule has 0 atom stereocenters. The molecule has 0 spiro atoms. The summed E-state index contributed by atoms with van der Waals surface area (Å²) in [5.41, 5.74) is 5.42. The fraction of sp³-hybridized carbons (Fsp3) is 0.0400. The molecule has 1 aromatic heterocycles. The number of rotatable bonds is 5. The van der Waals surface area contributed by atoms with Gasteiger partial charge in [-0.1, -0.05) is 60.7 Å². The molecule has 1 amide bonds. The molecule has 4 aromatic rings. The molecule has 1 heterocycles. The molecule has 0 unspecified atom stereocenters. The molecule has 5 heteroatoms. The number of carbonyl (C=O) groups is 1. The molecule has 0 aliphatic carbocycles. The predicted molar refractivity (Wildman–Crippen MR) is 118 cm³/mol. The number of H-pyrrole nitrogens is 1. The number of nitrogens with zero attached hydrogens (tertiary/aromatic N) is 1. The molecule has 148 valence electrons. The minimum absolute atomic E-state index is 0.296. The molecule has 3 aromatic carbocycles. The van der Waals surface area contributed by atoms with E-state index in [4.69, 9.17) is 0 Å². The molecule has 0 bridgehead atoms. The van der Waals surface area contributed by atoms with Crippen molar-refractivity contribution >= 4 is 17.8 Å². The van der Waals surface area contributed by atoms with Gasteiger partial charge in [0, 0.05) is 17.3 Å². The molecule has 0 saturated heterocycles. The normalized spacial score (nSPS) is 11.0. The Morgan fingerprint density at radius 1 is 0.933 bits per heavy atom. The van der Waals surface area contributed by atoms with Gasteiger partial charge in [0.2, 0.25) is 5.91 Å². The SMILES string of the molecule is Cc1[nH]nc(NC(=O)/C=C/c2cccc(-c3ccccc3)c2)c1-c1ccc(F)cc1. The third kappa shape index (κ3) is 4.36. The van der Waals surface area contributed by atoms with Crippen molar-refractivity contribution in [3.8, 4) is 22.3 Å². The largest absolute Gasteiger partial charge is 0.305 e. The number of anilines is 1. The molecule has 0 aliphatic rings. The Labute approximate surface area is 174 Å². The molecular weight excluding hydrogens is 377 g/mol. The van der Waals surface area contributed by atoms with Gasteiger partial charge >= 0.3 is 0 Å². The first-order valence-electron chi connectivity index (χ1n) is 9.55. The van der Waals surface area contributed by atoms with Crippen LogP contribution in [-0.4, -0.2) is 16.1 Å². The maximum Gasteiger partial charge on any atom is 0.249 e. The number of aryl methyl sites for hydroxylation is 1. The fourth-order valence-electron chi connectivity index (χ4n) is 3.27. The third-order valence-corrected chi connectivity index (χ3v) is 4.74. The van der Waals surface area contributed by atoms with E-state index in [0.29, 0.717) is 5.82 Å². The number of amides is 1. The van der Waals surface area contributed by atoms with Crippen LogP contribution in [0.2, 0.25) is 0 Å². The zero-order chi connectivity index (χ0) is 20.9. The van der Waals surface area contributed by atoms with Gasteiger partial charge in [0.05, 0.1) is 0 Å². The molecule has 2 N–H and O–H groups in total. The average molecular weight is 397 g/mol. The van der Waals surface area contributed by atoms with E-state index in [1.807, 2.05) is 61.5 Å². The lowest BCUT2D eigenvalue weighted by molar-refractivity contribution is -0.111. The first-order chi connectivity index (χ1) is 14.6. The third-order valence-electron chi connectivity index (χ3n) is 4.74. The number of hydrogen-bond acceptors (Lipinski definition) is 2. The van der Waals surface area contributed by atoms with Crippen LogP contribution in [-0.2, 0) is 4.79 Å². The van der Waals surface area contributed by atoms with Crippen LogP contribution in [0, 0.1) is 12.7 Å². The molecule has 30 heavy (non-hydrogen) atoms. The van der Waals surface area contributed by atoms with E-state index < -0.39 is 0 Å². The number of nitrogens with one attached hydrogen (secondary N) is 2. The van der Waals surface area contributed by atoms with Gasteiger partial charge in [-0.05, 0) is 53.5 Å². The lowest BCUT2D eigenvalue weighted by atomic mass is 10.0. The van der Waals surface area contributed by atoms with Crippen molar-refractivity contribution in [3.63, 3.8) is 0 Å². The van der Waals surface area contributed by atoms with Crippen LogP contribution in [0.1, 0.15) is 11.3 Å². The second kappa shape index (κ2) is 8.57. The van der Waals surface area contributed by atoms with E-state index in [0.717, 1.165) is 33.5 Å². The number of benzene rings is 3. The summed E-state index contributed by atoms with van der Waals surface area (Å²) in [5.74, 6) is -0.201. The van der Waals surface area contributed by atoms with E-state index in [-0.39, 0.29) is 11.7 Å². The second-order valence-electron chi connectivity index (χ2n) is 6.89. The van der Waals surface area contributed by atoms with Crippen molar-refractivity contribution in [1.29, 1.82) is 0 Å². The Hall–Kier alpha value is -3.99. The highest BCUT2D eigenvalue weighted by molar-refractivity contribution is 6.03. The highest BCUT2D eigenvalue weighted by Gasteiger charge is 2.14. The van der Waals surface area contributed by atoms with E-state index in [2.05, 4.69) is 15.5 Å². The van der Waals surface area contributed by atoms with Gasteiger partial charge in [0.1, 0.15) is 5.82 Å². The van der Waals surface area contributed by atoms with Gasteiger partial charge in [-0.25, -0.2) is 4.39 Å². The van der Waals surface area contributed by atoms with E-state index in [1.165, 1.54) is 18.2 Å². The lowest BCUT2D eigenvalue weighted by Gasteiger charge is -2.05. The number of hydrogen-bond donors (Lipinski definition) is 2. The number of aromatic nitrogens is 2. The van der Waals surface area contributed by atoms with Crippen molar-refractivity contribution in [2.45, 2.75) is 6.92 Å². The van der Waals surface area contributed by atoms with E-state index >= 15 is 0 Å². The zero-order valence-electron chi connectivity index (χ0n) is 16.4. The molecular formula is C25H20FN3O. The molecule has 0 fully saturated rings. The fourth-order valence-corrected chi connectivity index (χ4v) is 3.27. The molecule has 0 radical (unpaired) electrons. The van der Waals surface area contributed by atoms with Crippen LogP contribution < -0.4 is 5.32 Å². The van der Waals surface area contributed by atoms with Crippen molar-refractivity contribution in [1.82, 2.24) is 10.2 Å². The van der Waals surface area contributed by atoms with Crippen molar-refractivity contribution in [2.24, 2.45) is 0 Å². The zero-order valence-corrected chi connectivity index (χ0v) is 16.4. The van der Waals surface area contributed by atoms with Crippen LogP contribution in [0.3, 0.4) is 0 Å². The summed E-state index contributed by atoms with van der Waals surface area (Å²) in [4.78, 5) is 12.5. The summed E-state index contributed by atoms with van der Waals surface area (Å²) in [7, 11) is 0. The Balaban J connectivity index is 1.51. The summed E-state index contributed by atoms with van der Waals surface area (Å²) in [6.45, 7) is 1.85. The van der Waals surface area contributed by atoms with Gasteiger partial charge in [-0.2, -0.15) is 5.10 Å². The summed E-state index contributed by atoms with van der Waals surface area (Å²) in [5, 5.41) is 9.85. The van der Waals surface area contributed by atoms with Gasteiger partial charge in [-0.15, -0.1) is 0 Å². The lowest BCUT2D eigenvalue weighted by Crippen LogP contribution is -2.09. The van der Waals surface area contributed by atoms with Gasteiger partial charge in [-0.3, -0.25) is 9.89 Å². The highest BCUT2D eigenvalue weighted by atomic mass is 19.1. The topological polar surface area (TPSA) is 57.8 Å². The second-order valence-corrected chi connectivity index (χ2v) is 6.89. The number of carbonyl (C=O) groups excluding carboxylic acids is 1. The monoisotopic (exact) mass is 397 g/mol. The smallest absolute Gasteiger partial charge is 0.249 e. The maximum atomic E-state index is 13.2. The van der Waals surface area contributed by atoms with Crippen LogP contribution >= 0.6 is 0 Å². The van der Waals surface area contributed by atoms with Crippen LogP contribution in [0.4, 0.5) is 10.2 Å². The summed E-state index contributed by atoms with van der Waals surface area (Å²) in [6, 6.07) is 24.1. The average Bonchev–Trinajstić information content (AvgIpc) is 3.13. The first kappa shape index (κ1) is 19.3. The highest BCUT2D eigenvalue weighted by Crippen LogP contribution is 2.29.